The number of nitrogens with zero attached hydrogens (tertiary/aromatic N) is 1. The van der Waals surface area contributed by atoms with Gasteiger partial charge in [0.05, 0.1) is 7.11 Å². The third-order valence-corrected chi connectivity index (χ3v) is 3.38. The lowest BCUT2D eigenvalue weighted by atomic mass is 9.83. The molecule has 1 amide bonds. The normalized spacial score (nSPS) is 22.6. The van der Waals surface area contributed by atoms with Gasteiger partial charge in [0.25, 0.3) is 0 Å². The minimum atomic E-state index is -1.22. The van der Waals surface area contributed by atoms with Gasteiger partial charge >= 0.3 is 5.97 Å². The Hall–Kier alpha value is -1.84. The Labute approximate surface area is 100 Å². The zero-order valence-corrected chi connectivity index (χ0v) is 10.4. The molecule has 1 aromatic carbocycles. The van der Waals surface area contributed by atoms with Gasteiger partial charge < -0.3 is 9.64 Å². The molecule has 1 aliphatic heterocycles. The van der Waals surface area contributed by atoms with Gasteiger partial charge in [-0.3, -0.25) is 9.59 Å². The van der Waals surface area contributed by atoms with Crippen molar-refractivity contribution in [3.05, 3.63) is 29.3 Å². The molecule has 4 nitrogen and oxygen atoms in total. The number of anilines is 1. The van der Waals surface area contributed by atoms with E-state index in [1.807, 2.05) is 25.1 Å². The first kappa shape index (κ1) is 11.6. The number of hydrogen-bond acceptors (Lipinski definition) is 3. The van der Waals surface area contributed by atoms with E-state index in [1.54, 1.807) is 14.0 Å². The fraction of sp³-hybridized carbons (Fsp3) is 0.385. The molecule has 0 bridgehead atoms. The van der Waals surface area contributed by atoms with Gasteiger partial charge in [0.2, 0.25) is 5.91 Å². The van der Waals surface area contributed by atoms with E-state index in [0.717, 1.165) is 16.8 Å². The van der Waals surface area contributed by atoms with Crippen LogP contribution in [0.15, 0.2) is 18.2 Å². The van der Waals surface area contributed by atoms with Gasteiger partial charge in [-0.25, -0.2) is 0 Å². The van der Waals surface area contributed by atoms with Crippen molar-refractivity contribution in [3.63, 3.8) is 0 Å². The Morgan fingerprint density at radius 3 is 2.65 bits per heavy atom. The van der Waals surface area contributed by atoms with Crippen LogP contribution in [-0.4, -0.2) is 26.0 Å². The van der Waals surface area contributed by atoms with Crippen molar-refractivity contribution in [2.24, 2.45) is 0 Å². The first-order valence-corrected chi connectivity index (χ1v) is 5.40. The largest absolute Gasteiger partial charge is 0.468 e. The highest BCUT2D eigenvalue weighted by Gasteiger charge is 2.52. The summed E-state index contributed by atoms with van der Waals surface area (Å²) in [5.74, 6) is -0.761. The molecule has 0 unspecified atom stereocenters. The van der Waals surface area contributed by atoms with Crippen molar-refractivity contribution >= 4 is 17.6 Å². The third-order valence-electron chi connectivity index (χ3n) is 3.38. The molecule has 1 atom stereocenters. The summed E-state index contributed by atoms with van der Waals surface area (Å²) in [5, 5.41) is 0. The number of fused-ring (bicyclic) bond motifs is 1. The lowest BCUT2D eigenvalue weighted by Crippen LogP contribution is -2.43. The van der Waals surface area contributed by atoms with E-state index < -0.39 is 11.4 Å². The number of carbonyl (C=O) groups is 2. The van der Waals surface area contributed by atoms with Gasteiger partial charge in [0.15, 0.2) is 5.41 Å². The number of amides is 1. The molecular formula is C13H15NO3. The SMILES string of the molecule is COC(=O)[C@@]1(C)C(=O)N(C)c2ccc(C)cc21. The molecule has 0 N–H and O–H groups in total. The van der Waals surface area contributed by atoms with E-state index in [2.05, 4.69) is 0 Å². The Bertz CT molecular complexity index is 509. The van der Waals surface area contributed by atoms with E-state index >= 15 is 0 Å². The van der Waals surface area contributed by atoms with Crippen LogP contribution in [0.25, 0.3) is 0 Å². The van der Waals surface area contributed by atoms with Crippen LogP contribution in [0, 0.1) is 6.92 Å². The maximum atomic E-state index is 12.2. The van der Waals surface area contributed by atoms with Gasteiger partial charge in [-0.15, -0.1) is 0 Å². The Balaban J connectivity index is 2.69. The van der Waals surface area contributed by atoms with Crippen molar-refractivity contribution in [1.82, 2.24) is 0 Å². The van der Waals surface area contributed by atoms with Crippen molar-refractivity contribution in [1.29, 1.82) is 0 Å². The van der Waals surface area contributed by atoms with Gasteiger partial charge in [-0.1, -0.05) is 17.7 Å². The number of methoxy groups -OCH3 is 1. The number of benzene rings is 1. The monoisotopic (exact) mass is 233 g/mol. The molecule has 0 fully saturated rings. The highest BCUT2D eigenvalue weighted by molar-refractivity contribution is 6.19. The number of ether oxygens (including phenoxy) is 1. The second kappa shape index (κ2) is 3.58. The van der Waals surface area contributed by atoms with E-state index in [1.165, 1.54) is 12.0 Å². The molecule has 4 heteroatoms. The predicted molar refractivity (Wildman–Crippen MR) is 64.0 cm³/mol. The first-order valence-electron chi connectivity index (χ1n) is 5.40. The molecule has 1 aliphatic rings. The molecule has 1 aromatic rings. The quantitative estimate of drug-likeness (QED) is 0.544. The Morgan fingerprint density at radius 1 is 1.41 bits per heavy atom. The number of hydrogen-bond donors (Lipinski definition) is 0. The summed E-state index contributed by atoms with van der Waals surface area (Å²) in [5.41, 5.74) is 1.29. The fourth-order valence-electron chi connectivity index (χ4n) is 2.30. The minimum Gasteiger partial charge on any atom is -0.468 e. The van der Waals surface area contributed by atoms with E-state index in [-0.39, 0.29) is 5.91 Å². The van der Waals surface area contributed by atoms with Crippen LogP contribution in [0.5, 0.6) is 0 Å². The summed E-state index contributed by atoms with van der Waals surface area (Å²) in [6.07, 6.45) is 0. The van der Waals surface area contributed by atoms with Crippen LogP contribution in [0.2, 0.25) is 0 Å². The van der Waals surface area contributed by atoms with Crippen LogP contribution in [-0.2, 0) is 19.7 Å². The topological polar surface area (TPSA) is 46.6 Å². The third kappa shape index (κ3) is 1.37. The van der Waals surface area contributed by atoms with Crippen LogP contribution < -0.4 is 4.90 Å². The summed E-state index contributed by atoms with van der Waals surface area (Å²) < 4.78 is 4.77. The van der Waals surface area contributed by atoms with Crippen molar-refractivity contribution in [2.45, 2.75) is 19.3 Å². The maximum Gasteiger partial charge on any atom is 0.325 e. The van der Waals surface area contributed by atoms with Crippen LogP contribution in [0.3, 0.4) is 0 Å². The van der Waals surface area contributed by atoms with Gasteiger partial charge in [-0.2, -0.15) is 0 Å². The standard InChI is InChI=1S/C13H15NO3/c1-8-5-6-10-9(7-8)13(2,12(16)17-4)11(15)14(10)3/h5-7H,1-4H3/t13-/m1/s1. The molecule has 0 spiro atoms. The van der Waals surface area contributed by atoms with Crippen LogP contribution in [0.1, 0.15) is 18.1 Å². The number of aryl methyl sites for hydroxylation is 1. The number of esters is 1. The van der Waals surface area contributed by atoms with Crippen molar-refractivity contribution < 1.29 is 14.3 Å². The fourth-order valence-corrected chi connectivity index (χ4v) is 2.30. The van der Waals surface area contributed by atoms with Gasteiger partial charge in [0, 0.05) is 18.3 Å². The summed E-state index contributed by atoms with van der Waals surface area (Å²) in [6, 6.07) is 5.65. The average Bonchev–Trinajstić information content (AvgIpc) is 2.51. The summed E-state index contributed by atoms with van der Waals surface area (Å²) in [6.45, 7) is 3.55. The smallest absolute Gasteiger partial charge is 0.325 e. The molecule has 0 radical (unpaired) electrons. The van der Waals surface area contributed by atoms with Crippen LogP contribution >= 0.6 is 0 Å². The summed E-state index contributed by atoms with van der Waals surface area (Å²) in [7, 11) is 2.97. The van der Waals surface area contributed by atoms with E-state index in [9.17, 15) is 9.59 Å². The molecular weight excluding hydrogens is 218 g/mol. The van der Waals surface area contributed by atoms with Gasteiger partial charge in [0.1, 0.15) is 0 Å². The predicted octanol–water partition coefficient (Wildman–Crippen LogP) is 1.40. The number of likely N-dealkylation sites (N-methyl/N-ethyl adjacent to an activating group) is 1. The molecule has 2 rings (SSSR count). The zero-order chi connectivity index (χ0) is 12.8. The highest BCUT2D eigenvalue weighted by atomic mass is 16.5. The lowest BCUT2D eigenvalue weighted by Gasteiger charge is -2.19. The number of rotatable bonds is 1. The number of carbonyl (C=O) groups excluding carboxylic acids is 2. The molecule has 1 heterocycles. The van der Waals surface area contributed by atoms with Crippen LogP contribution in [0.4, 0.5) is 5.69 Å². The second-order valence-electron chi connectivity index (χ2n) is 4.50. The summed E-state index contributed by atoms with van der Waals surface area (Å²) in [4.78, 5) is 25.6. The van der Waals surface area contributed by atoms with E-state index in [4.69, 9.17) is 4.74 Å². The molecule has 0 aliphatic carbocycles. The first-order chi connectivity index (χ1) is 7.92. The zero-order valence-electron chi connectivity index (χ0n) is 10.4. The van der Waals surface area contributed by atoms with Crippen molar-refractivity contribution in [3.8, 4) is 0 Å². The van der Waals surface area contributed by atoms with E-state index in [0.29, 0.717) is 0 Å². The molecule has 0 saturated heterocycles. The maximum absolute atomic E-state index is 12.2. The Kier molecular flexibility index (Phi) is 2.45. The second-order valence-corrected chi connectivity index (χ2v) is 4.50. The minimum absolute atomic E-state index is 0.245. The van der Waals surface area contributed by atoms with Gasteiger partial charge in [-0.05, 0) is 19.9 Å². The molecule has 90 valence electrons. The Morgan fingerprint density at radius 2 is 2.06 bits per heavy atom. The lowest BCUT2D eigenvalue weighted by molar-refractivity contribution is -0.150. The van der Waals surface area contributed by atoms with Crippen molar-refractivity contribution in [2.75, 3.05) is 19.1 Å². The molecule has 0 aromatic heterocycles. The molecule has 0 saturated carbocycles. The summed E-state index contributed by atoms with van der Waals surface area (Å²) >= 11 is 0. The highest BCUT2D eigenvalue weighted by Crippen LogP contribution is 2.42. The molecule has 17 heavy (non-hydrogen) atoms. The average molecular weight is 233 g/mol.